The molecule has 3 rings (SSSR count). The molecule has 1 aromatic rings. The third-order valence-electron chi connectivity index (χ3n) is 6.18. The van der Waals surface area contributed by atoms with Crippen LogP contribution in [-0.2, 0) is 14.9 Å². The van der Waals surface area contributed by atoms with Gasteiger partial charge in [-0.1, -0.05) is 26.3 Å². The SMILES string of the molecule is CCCN(CCC)CCC1(c2ccccn2)CC2(CCCCC2)OC1=O. The Morgan fingerprint density at radius 2 is 1.81 bits per heavy atom. The van der Waals surface area contributed by atoms with Crippen molar-refractivity contribution in [3.63, 3.8) is 0 Å². The van der Waals surface area contributed by atoms with Gasteiger partial charge in [-0.05, 0) is 76.7 Å². The first-order valence-electron chi connectivity index (χ1n) is 10.5. The van der Waals surface area contributed by atoms with Crippen LogP contribution in [0.25, 0.3) is 0 Å². The first kappa shape index (κ1) is 19.3. The van der Waals surface area contributed by atoms with Crippen LogP contribution in [-0.4, -0.2) is 41.1 Å². The lowest BCUT2D eigenvalue weighted by Gasteiger charge is -2.33. The highest BCUT2D eigenvalue weighted by Gasteiger charge is 2.58. The predicted octanol–water partition coefficient (Wildman–Crippen LogP) is 4.48. The summed E-state index contributed by atoms with van der Waals surface area (Å²) < 4.78 is 6.11. The number of rotatable bonds is 8. The van der Waals surface area contributed by atoms with E-state index in [4.69, 9.17) is 4.74 Å². The molecule has 0 radical (unpaired) electrons. The van der Waals surface area contributed by atoms with Crippen molar-refractivity contribution in [2.24, 2.45) is 0 Å². The number of hydrogen-bond acceptors (Lipinski definition) is 4. The Morgan fingerprint density at radius 1 is 1.08 bits per heavy atom. The lowest BCUT2D eigenvalue weighted by atomic mass is 9.71. The van der Waals surface area contributed by atoms with Gasteiger partial charge in [0.1, 0.15) is 11.0 Å². The van der Waals surface area contributed by atoms with Crippen LogP contribution >= 0.6 is 0 Å². The van der Waals surface area contributed by atoms with Crippen molar-refractivity contribution < 1.29 is 9.53 Å². The highest BCUT2D eigenvalue weighted by atomic mass is 16.6. The first-order valence-corrected chi connectivity index (χ1v) is 10.5. The van der Waals surface area contributed by atoms with E-state index in [1.165, 1.54) is 19.3 Å². The summed E-state index contributed by atoms with van der Waals surface area (Å²) in [5.41, 5.74) is 0.0892. The summed E-state index contributed by atoms with van der Waals surface area (Å²) in [6, 6.07) is 5.94. The lowest BCUT2D eigenvalue weighted by Crippen LogP contribution is -2.39. The smallest absolute Gasteiger partial charge is 0.318 e. The molecule has 2 fully saturated rings. The molecule has 144 valence electrons. The molecule has 1 aromatic heterocycles. The number of hydrogen-bond donors (Lipinski definition) is 0. The first-order chi connectivity index (χ1) is 12.6. The van der Waals surface area contributed by atoms with E-state index in [-0.39, 0.29) is 11.6 Å². The summed E-state index contributed by atoms with van der Waals surface area (Å²) >= 11 is 0. The van der Waals surface area contributed by atoms with Crippen molar-refractivity contribution in [1.82, 2.24) is 9.88 Å². The molecular weight excluding hydrogens is 324 g/mol. The zero-order valence-corrected chi connectivity index (χ0v) is 16.5. The van der Waals surface area contributed by atoms with Crippen molar-refractivity contribution in [2.75, 3.05) is 19.6 Å². The molecule has 0 amide bonds. The fourth-order valence-electron chi connectivity index (χ4n) is 4.90. The molecule has 0 N–H and O–H groups in total. The highest BCUT2D eigenvalue weighted by Crippen LogP contribution is 2.50. The van der Waals surface area contributed by atoms with Crippen LogP contribution in [0.1, 0.15) is 77.3 Å². The molecule has 4 nitrogen and oxygen atoms in total. The highest BCUT2D eigenvalue weighted by molar-refractivity contribution is 5.85. The zero-order chi connectivity index (χ0) is 18.5. The van der Waals surface area contributed by atoms with Gasteiger partial charge in [0.05, 0.1) is 5.69 Å². The minimum atomic E-state index is -0.571. The molecule has 4 heteroatoms. The van der Waals surface area contributed by atoms with Gasteiger partial charge in [0, 0.05) is 12.6 Å². The normalized spacial score (nSPS) is 25.0. The second-order valence-corrected chi connectivity index (χ2v) is 8.20. The molecule has 1 aliphatic heterocycles. The van der Waals surface area contributed by atoms with Gasteiger partial charge >= 0.3 is 5.97 Å². The van der Waals surface area contributed by atoms with Gasteiger partial charge in [-0.3, -0.25) is 9.78 Å². The number of ether oxygens (including phenoxy) is 1. The van der Waals surface area contributed by atoms with Gasteiger partial charge in [-0.25, -0.2) is 0 Å². The van der Waals surface area contributed by atoms with Gasteiger partial charge < -0.3 is 9.64 Å². The van der Waals surface area contributed by atoms with E-state index >= 15 is 0 Å². The Bertz CT molecular complexity index is 577. The standard InChI is InChI=1S/C22H34N2O2/c1-3-15-24(16-4-2)17-13-22(19-10-6-9-14-23-19)18-21(26-20(22)25)11-7-5-8-12-21/h6,9-10,14H,3-5,7-8,11-13,15-18H2,1-2H3. The van der Waals surface area contributed by atoms with Gasteiger partial charge in [-0.2, -0.15) is 0 Å². The van der Waals surface area contributed by atoms with Crippen molar-refractivity contribution in [1.29, 1.82) is 0 Å². The average molecular weight is 359 g/mol. The third kappa shape index (κ3) is 3.95. The van der Waals surface area contributed by atoms with Crippen LogP contribution in [0.3, 0.4) is 0 Å². The second-order valence-electron chi connectivity index (χ2n) is 8.20. The summed E-state index contributed by atoms with van der Waals surface area (Å²) in [7, 11) is 0. The lowest BCUT2D eigenvalue weighted by molar-refractivity contribution is -0.154. The van der Waals surface area contributed by atoms with E-state index in [2.05, 4.69) is 23.7 Å². The molecule has 0 aromatic carbocycles. The Balaban J connectivity index is 1.85. The van der Waals surface area contributed by atoms with Gasteiger partial charge in [0.2, 0.25) is 0 Å². The van der Waals surface area contributed by atoms with Gasteiger partial charge in [0.25, 0.3) is 0 Å². The zero-order valence-electron chi connectivity index (χ0n) is 16.5. The quantitative estimate of drug-likeness (QED) is 0.643. The minimum Gasteiger partial charge on any atom is -0.458 e. The second kappa shape index (κ2) is 8.51. The van der Waals surface area contributed by atoms with Crippen molar-refractivity contribution in [3.05, 3.63) is 30.1 Å². The van der Waals surface area contributed by atoms with Crippen LogP contribution in [0.15, 0.2) is 24.4 Å². The molecular formula is C22H34N2O2. The van der Waals surface area contributed by atoms with E-state index in [1.807, 2.05) is 24.4 Å². The maximum absolute atomic E-state index is 13.2. The summed E-state index contributed by atoms with van der Waals surface area (Å²) in [4.78, 5) is 20.3. The molecule has 1 unspecified atom stereocenters. The number of nitrogens with zero attached hydrogens (tertiary/aromatic N) is 2. The molecule has 26 heavy (non-hydrogen) atoms. The molecule has 1 saturated carbocycles. The van der Waals surface area contributed by atoms with Crippen LogP contribution < -0.4 is 0 Å². The van der Waals surface area contributed by atoms with Crippen molar-refractivity contribution in [3.8, 4) is 0 Å². The molecule has 1 atom stereocenters. The monoisotopic (exact) mass is 358 g/mol. The maximum Gasteiger partial charge on any atom is 0.318 e. The van der Waals surface area contributed by atoms with Crippen LogP contribution in [0, 0.1) is 0 Å². The predicted molar refractivity (Wildman–Crippen MR) is 104 cm³/mol. The average Bonchev–Trinajstić information content (AvgIpc) is 2.93. The minimum absolute atomic E-state index is 0.0361. The van der Waals surface area contributed by atoms with E-state index < -0.39 is 5.41 Å². The van der Waals surface area contributed by atoms with Gasteiger partial charge in [-0.15, -0.1) is 0 Å². The fraction of sp³-hybridized carbons (Fsp3) is 0.727. The van der Waals surface area contributed by atoms with Crippen LogP contribution in [0.5, 0.6) is 0 Å². The van der Waals surface area contributed by atoms with E-state index in [9.17, 15) is 4.79 Å². The number of aromatic nitrogens is 1. The van der Waals surface area contributed by atoms with E-state index in [0.717, 1.165) is 63.9 Å². The summed E-state index contributed by atoms with van der Waals surface area (Å²) in [5.74, 6) is -0.0361. The fourth-order valence-corrected chi connectivity index (χ4v) is 4.90. The van der Waals surface area contributed by atoms with Gasteiger partial charge in [0.15, 0.2) is 0 Å². The van der Waals surface area contributed by atoms with Crippen LogP contribution in [0.2, 0.25) is 0 Å². The summed E-state index contributed by atoms with van der Waals surface area (Å²) in [6.45, 7) is 7.55. The number of carbonyl (C=O) groups excluding carboxylic acids is 1. The number of esters is 1. The number of carbonyl (C=O) groups is 1. The molecule has 2 aliphatic rings. The Labute approximate surface area is 158 Å². The third-order valence-corrected chi connectivity index (χ3v) is 6.18. The number of pyridine rings is 1. The van der Waals surface area contributed by atoms with Crippen LogP contribution in [0.4, 0.5) is 0 Å². The van der Waals surface area contributed by atoms with Crippen molar-refractivity contribution in [2.45, 2.75) is 82.7 Å². The summed E-state index contributed by atoms with van der Waals surface area (Å²) in [5, 5.41) is 0. The topological polar surface area (TPSA) is 42.4 Å². The van der Waals surface area contributed by atoms with Crippen molar-refractivity contribution >= 4 is 5.97 Å². The molecule has 2 heterocycles. The summed E-state index contributed by atoms with van der Waals surface area (Å²) in [6.07, 6.45) is 11.3. The Hall–Kier alpha value is -1.42. The molecule has 0 bridgehead atoms. The Morgan fingerprint density at radius 3 is 2.42 bits per heavy atom. The Kier molecular flexibility index (Phi) is 6.33. The van der Waals surface area contributed by atoms with E-state index in [1.54, 1.807) is 0 Å². The largest absolute Gasteiger partial charge is 0.458 e. The van der Waals surface area contributed by atoms with E-state index in [0.29, 0.717) is 0 Å². The molecule has 1 saturated heterocycles. The maximum atomic E-state index is 13.2. The molecule has 1 spiro atoms. The molecule has 1 aliphatic carbocycles.